The second-order valence-corrected chi connectivity index (χ2v) is 13.9. The molecule has 4 aliphatic carbocycles. The SMILES string of the molecule is CC(C)CCC[C@@H](C)[C@H]1CC[C@H]2[C@@H]3C[C@@H]4OC(=O)O[C@@]45C[C@@H](Cl)CC[C@]5(C)[C@H]3CC[C@]12C. The predicted molar refractivity (Wildman–Crippen MR) is 129 cm³/mol. The number of hydrogen-bond donors (Lipinski definition) is 0. The third-order valence-corrected chi connectivity index (χ3v) is 11.8. The molecule has 5 fully saturated rings. The van der Waals surface area contributed by atoms with Crippen molar-refractivity contribution in [1.29, 1.82) is 0 Å². The molecule has 182 valence electrons. The van der Waals surface area contributed by atoms with Gasteiger partial charge in [-0.3, -0.25) is 0 Å². The van der Waals surface area contributed by atoms with Crippen LogP contribution < -0.4 is 0 Å². The highest BCUT2D eigenvalue weighted by Gasteiger charge is 2.72. The molecular weight excluding hydrogens is 420 g/mol. The Bertz CT molecular complexity index is 738. The van der Waals surface area contributed by atoms with E-state index in [1.165, 1.54) is 44.9 Å². The van der Waals surface area contributed by atoms with Crippen molar-refractivity contribution < 1.29 is 14.3 Å². The van der Waals surface area contributed by atoms with E-state index in [-0.39, 0.29) is 16.9 Å². The van der Waals surface area contributed by atoms with E-state index in [1.54, 1.807) is 0 Å². The van der Waals surface area contributed by atoms with Crippen LogP contribution in [0.25, 0.3) is 0 Å². The lowest BCUT2D eigenvalue weighted by atomic mass is 9.42. The number of hydrogen-bond acceptors (Lipinski definition) is 3. The Morgan fingerprint density at radius 1 is 1.03 bits per heavy atom. The molecule has 3 nitrogen and oxygen atoms in total. The van der Waals surface area contributed by atoms with Crippen molar-refractivity contribution in [2.45, 2.75) is 122 Å². The van der Waals surface area contributed by atoms with Gasteiger partial charge in [0.05, 0.1) is 0 Å². The second kappa shape index (κ2) is 8.06. The van der Waals surface area contributed by atoms with E-state index in [1.807, 2.05) is 0 Å². The first-order chi connectivity index (χ1) is 15.1. The van der Waals surface area contributed by atoms with Crippen molar-refractivity contribution in [3.63, 3.8) is 0 Å². The van der Waals surface area contributed by atoms with Crippen molar-refractivity contribution in [2.24, 2.45) is 46.3 Å². The van der Waals surface area contributed by atoms with Gasteiger partial charge in [-0.15, -0.1) is 11.6 Å². The topological polar surface area (TPSA) is 35.5 Å². The molecule has 0 amide bonds. The van der Waals surface area contributed by atoms with Crippen molar-refractivity contribution in [2.75, 3.05) is 0 Å². The number of alkyl halides is 1. The molecule has 10 atom stereocenters. The number of carbonyl (C=O) groups excluding carboxylic acids is 1. The Balaban J connectivity index is 1.39. The third kappa shape index (κ3) is 3.29. The van der Waals surface area contributed by atoms with Crippen molar-refractivity contribution >= 4 is 17.8 Å². The van der Waals surface area contributed by atoms with Crippen molar-refractivity contribution in [1.82, 2.24) is 0 Å². The van der Waals surface area contributed by atoms with Crippen LogP contribution in [0.15, 0.2) is 0 Å². The molecule has 0 bridgehead atoms. The van der Waals surface area contributed by atoms with Gasteiger partial charge in [0.25, 0.3) is 0 Å². The lowest BCUT2D eigenvalue weighted by molar-refractivity contribution is -0.208. The number of carbonyl (C=O) groups is 1. The van der Waals surface area contributed by atoms with Gasteiger partial charge >= 0.3 is 6.16 Å². The number of fused-ring (bicyclic) bond motifs is 4. The average Bonchev–Trinajstić information content (AvgIpc) is 3.22. The van der Waals surface area contributed by atoms with E-state index in [4.69, 9.17) is 21.1 Å². The molecule has 0 N–H and O–H groups in total. The van der Waals surface area contributed by atoms with Crippen LogP contribution in [0.5, 0.6) is 0 Å². The summed E-state index contributed by atoms with van der Waals surface area (Å²) < 4.78 is 12.0. The summed E-state index contributed by atoms with van der Waals surface area (Å²) in [6.07, 6.45) is 12.8. The standard InChI is InChI=1S/C28H45ClO3/c1-17(2)7-6-8-18(3)21-9-10-22-20-15-24-28(32-25(30)31-24)16-19(29)11-14-27(28,5)23(20)12-13-26(21,22)4/h17-24H,6-16H2,1-5H3/t18-,19+,20+,21-,22+,23+,24+,26-,27-,28+/m1/s1. The van der Waals surface area contributed by atoms with Crippen LogP contribution in [0.2, 0.25) is 0 Å². The lowest BCUT2D eigenvalue weighted by Crippen LogP contribution is -2.67. The van der Waals surface area contributed by atoms with Gasteiger partial charge in [0, 0.05) is 17.2 Å². The maximum Gasteiger partial charge on any atom is 0.509 e. The molecule has 5 aliphatic rings. The number of halogens is 1. The summed E-state index contributed by atoms with van der Waals surface area (Å²) in [6.45, 7) is 12.3. The molecule has 4 saturated carbocycles. The molecule has 5 rings (SSSR count). The van der Waals surface area contributed by atoms with E-state index in [0.717, 1.165) is 49.4 Å². The smallest absolute Gasteiger partial charge is 0.427 e. The zero-order valence-corrected chi connectivity index (χ0v) is 21.8. The first-order valence-corrected chi connectivity index (χ1v) is 14.1. The van der Waals surface area contributed by atoms with E-state index in [9.17, 15) is 4.79 Å². The molecule has 0 aromatic rings. The van der Waals surface area contributed by atoms with Crippen LogP contribution in [0.3, 0.4) is 0 Å². The second-order valence-electron chi connectivity index (χ2n) is 13.2. The lowest BCUT2D eigenvalue weighted by Gasteiger charge is -2.64. The van der Waals surface area contributed by atoms with Crippen LogP contribution in [-0.2, 0) is 9.47 Å². The van der Waals surface area contributed by atoms with Crippen LogP contribution >= 0.6 is 11.6 Å². The summed E-state index contributed by atoms with van der Waals surface area (Å²) in [5.74, 6) is 4.53. The zero-order valence-electron chi connectivity index (χ0n) is 21.0. The molecule has 1 aliphatic heterocycles. The highest BCUT2D eigenvalue weighted by molar-refractivity contribution is 6.20. The van der Waals surface area contributed by atoms with Gasteiger partial charge in [0.2, 0.25) is 0 Å². The average molecular weight is 465 g/mol. The van der Waals surface area contributed by atoms with Crippen molar-refractivity contribution in [3.8, 4) is 0 Å². The van der Waals surface area contributed by atoms with E-state index in [2.05, 4.69) is 34.6 Å². The summed E-state index contributed by atoms with van der Waals surface area (Å²) in [7, 11) is 0. The van der Waals surface area contributed by atoms with Gasteiger partial charge in [0.15, 0.2) is 5.60 Å². The van der Waals surface area contributed by atoms with Gasteiger partial charge in [-0.05, 0) is 85.9 Å². The maximum absolute atomic E-state index is 12.4. The van der Waals surface area contributed by atoms with Crippen LogP contribution in [-0.4, -0.2) is 23.2 Å². The van der Waals surface area contributed by atoms with Gasteiger partial charge in [-0.25, -0.2) is 4.79 Å². The maximum atomic E-state index is 12.4. The monoisotopic (exact) mass is 464 g/mol. The van der Waals surface area contributed by atoms with Crippen LogP contribution in [0, 0.1) is 46.3 Å². The normalized spacial score (nSPS) is 50.7. The first-order valence-electron chi connectivity index (χ1n) is 13.6. The molecule has 0 aromatic carbocycles. The van der Waals surface area contributed by atoms with Gasteiger partial charge in [-0.1, -0.05) is 53.9 Å². The number of rotatable bonds is 5. The Morgan fingerprint density at radius 3 is 2.56 bits per heavy atom. The Morgan fingerprint density at radius 2 is 1.81 bits per heavy atom. The molecule has 0 radical (unpaired) electrons. The molecule has 0 unspecified atom stereocenters. The predicted octanol–water partition coefficient (Wildman–Crippen LogP) is 7.98. The zero-order chi connectivity index (χ0) is 22.9. The molecule has 4 heteroatoms. The fraction of sp³-hybridized carbons (Fsp3) is 0.964. The van der Waals surface area contributed by atoms with E-state index >= 15 is 0 Å². The van der Waals surface area contributed by atoms with E-state index < -0.39 is 11.8 Å². The molecule has 32 heavy (non-hydrogen) atoms. The summed E-state index contributed by atoms with van der Waals surface area (Å²) in [4.78, 5) is 12.4. The van der Waals surface area contributed by atoms with E-state index in [0.29, 0.717) is 17.3 Å². The molecule has 1 heterocycles. The third-order valence-electron chi connectivity index (χ3n) is 11.4. The summed E-state index contributed by atoms with van der Waals surface area (Å²) in [5.41, 5.74) is -0.0475. The Labute approximate surface area is 200 Å². The van der Waals surface area contributed by atoms with Gasteiger partial charge < -0.3 is 9.47 Å². The molecule has 1 saturated heterocycles. The molecule has 0 aromatic heterocycles. The molecule has 1 spiro atoms. The quantitative estimate of drug-likeness (QED) is 0.305. The first kappa shape index (κ1) is 23.3. The summed E-state index contributed by atoms with van der Waals surface area (Å²) in [6, 6.07) is 0. The summed E-state index contributed by atoms with van der Waals surface area (Å²) >= 11 is 6.66. The van der Waals surface area contributed by atoms with Gasteiger partial charge in [-0.2, -0.15) is 0 Å². The minimum absolute atomic E-state index is 0.000427. The van der Waals surface area contributed by atoms with Gasteiger partial charge in [0.1, 0.15) is 6.10 Å². The van der Waals surface area contributed by atoms with Crippen molar-refractivity contribution in [3.05, 3.63) is 0 Å². The Kier molecular flexibility index (Phi) is 5.87. The fourth-order valence-electron chi connectivity index (χ4n) is 9.86. The largest absolute Gasteiger partial charge is 0.509 e. The van der Waals surface area contributed by atoms with Crippen LogP contribution in [0.4, 0.5) is 4.79 Å². The highest BCUT2D eigenvalue weighted by atomic mass is 35.5. The minimum atomic E-state index is -0.494. The minimum Gasteiger partial charge on any atom is -0.427 e. The molecular formula is C28H45ClO3. The summed E-state index contributed by atoms with van der Waals surface area (Å²) in [5, 5.41) is 0.0908. The fourth-order valence-corrected chi connectivity index (χ4v) is 10.2. The number of ether oxygens (including phenoxy) is 2. The van der Waals surface area contributed by atoms with Crippen LogP contribution in [0.1, 0.15) is 105 Å². The highest BCUT2D eigenvalue weighted by Crippen LogP contribution is 2.71. The Hall–Kier alpha value is -0.440.